The Kier molecular flexibility index (Phi) is 5.04. The second-order valence-corrected chi connectivity index (χ2v) is 5.28. The fraction of sp³-hybridized carbons (Fsp3) is 0.438. The van der Waals surface area contributed by atoms with E-state index < -0.39 is 23.4 Å². The second-order valence-electron chi connectivity index (χ2n) is 5.28. The molecule has 1 amide bonds. The second kappa shape index (κ2) is 6.98. The number of nitrogens with one attached hydrogen (secondary N) is 1. The average Bonchev–Trinajstić information content (AvgIpc) is 2.49. The number of hydrogen-bond acceptors (Lipinski definition) is 3. The normalized spacial score (nSPS) is 16.8. The van der Waals surface area contributed by atoms with Crippen LogP contribution in [0.1, 0.15) is 42.5 Å². The van der Waals surface area contributed by atoms with E-state index in [0.29, 0.717) is 0 Å². The molecule has 1 saturated carbocycles. The Hall–Kier alpha value is -2.22. The van der Waals surface area contributed by atoms with Crippen LogP contribution in [0.2, 0.25) is 0 Å². The molecule has 0 heterocycles. The van der Waals surface area contributed by atoms with Gasteiger partial charge >= 0.3 is 0 Å². The molecule has 1 N–H and O–H groups in total. The van der Waals surface area contributed by atoms with Gasteiger partial charge in [-0.05, 0) is 37.1 Å². The highest BCUT2D eigenvalue weighted by Crippen LogP contribution is 2.18. The molecular formula is C16H17FN2O2. The Balaban J connectivity index is 2.04. The summed E-state index contributed by atoms with van der Waals surface area (Å²) in [5.74, 6) is -2.99. The average molecular weight is 288 g/mol. The summed E-state index contributed by atoms with van der Waals surface area (Å²) in [5.41, 5.74) is 0.168. The number of halogens is 1. The van der Waals surface area contributed by atoms with E-state index in [1.807, 2.05) is 0 Å². The minimum atomic E-state index is -1.38. The van der Waals surface area contributed by atoms with Crippen LogP contribution in [-0.2, 0) is 4.79 Å². The van der Waals surface area contributed by atoms with E-state index in [-0.39, 0.29) is 11.6 Å². The molecule has 1 atom stereocenters. The molecule has 5 heteroatoms. The van der Waals surface area contributed by atoms with Crippen LogP contribution in [0, 0.1) is 23.1 Å². The van der Waals surface area contributed by atoms with Gasteiger partial charge in [-0.15, -0.1) is 0 Å². The quantitative estimate of drug-likeness (QED) is 0.684. The highest BCUT2D eigenvalue weighted by molar-refractivity contribution is 6.12. The lowest BCUT2D eigenvalue weighted by molar-refractivity contribution is -0.123. The third-order valence-electron chi connectivity index (χ3n) is 3.73. The van der Waals surface area contributed by atoms with E-state index in [1.165, 1.54) is 12.1 Å². The molecule has 1 aliphatic rings. The zero-order valence-corrected chi connectivity index (χ0v) is 11.6. The zero-order valence-electron chi connectivity index (χ0n) is 11.6. The van der Waals surface area contributed by atoms with Crippen molar-refractivity contribution in [2.75, 3.05) is 0 Å². The molecule has 0 spiro atoms. The van der Waals surface area contributed by atoms with Gasteiger partial charge in [0.05, 0.1) is 6.07 Å². The minimum Gasteiger partial charge on any atom is -0.352 e. The summed E-state index contributed by atoms with van der Waals surface area (Å²) in [6.07, 6.45) is 5.02. The highest BCUT2D eigenvalue weighted by Gasteiger charge is 2.29. The van der Waals surface area contributed by atoms with E-state index in [1.54, 1.807) is 6.07 Å². The largest absolute Gasteiger partial charge is 0.352 e. The van der Waals surface area contributed by atoms with Crippen LogP contribution in [0.4, 0.5) is 4.39 Å². The lowest BCUT2D eigenvalue weighted by Gasteiger charge is -2.23. The van der Waals surface area contributed by atoms with Crippen LogP contribution < -0.4 is 5.32 Å². The molecule has 0 radical (unpaired) electrons. The maximum Gasteiger partial charge on any atom is 0.245 e. The third-order valence-corrected chi connectivity index (χ3v) is 3.73. The molecule has 4 nitrogen and oxygen atoms in total. The van der Waals surface area contributed by atoms with Crippen molar-refractivity contribution in [3.63, 3.8) is 0 Å². The van der Waals surface area contributed by atoms with Crippen molar-refractivity contribution in [1.29, 1.82) is 5.26 Å². The first-order chi connectivity index (χ1) is 10.1. The Bertz CT molecular complexity index is 557. The molecule has 1 fully saturated rings. The predicted molar refractivity (Wildman–Crippen MR) is 74.8 cm³/mol. The van der Waals surface area contributed by atoms with Crippen LogP contribution >= 0.6 is 0 Å². The minimum absolute atomic E-state index is 0.0446. The summed E-state index contributed by atoms with van der Waals surface area (Å²) in [6, 6.07) is 6.65. The van der Waals surface area contributed by atoms with Crippen molar-refractivity contribution in [3.8, 4) is 6.07 Å². The van der Waals surface area contributed by atoms with Crippen molar-refractivity contribution in [3.05, 3.63) is 35.6 Å². The van der Waals surface area contributed by atoms with E-state index >= 15 is 0 Å². The number of hydrogen-bond donors (Lipinski definition) is 1. The summed E-state index contributed by atoms with van der Waals surface area (Å²) in [7, 11) is 0. The Morgan fingerprint density at radius 1 is 1.19 bits per heavy atom. The molecule has 0 unspecified atom stereocenters. The number of rotatable bonds is 4. The van der Waals surface area contributed by atoms with Crippen LogP contribution in [0.15, 0.2) is 24.3 Å². The van der Waals surface area contributed by atoms with Gasteiger partial charge in [-0.3, -0.25) is 9.59 Å². The van der Waals surface area contributed by atoms with Crippen LogP contribution in [0.3, 0.4) is 0 Å². The van der Waals surface area contributed by atoms with Gasteiger partial charge < -0.3 is 5.32 Å². The van der Waals surface area contributed by atoms with E-state index in [4.69, 9.17) is 5.26 Å². The molecule has 110 valence electrons. The van der Waals surface area contributed by atoms with Crippen LogP contribution in [-0.4, -0.2) is 17.7 Å². The lowest BCUT2D eigenvalue weighted by atomic mass is 9.93. The summed E-state index contributed by atoms with van der Waals surface area (Å²) in [4.78, 5) is 24.3. The topological polar surface area (TPSA) is 70.0 Å². The predicted octanol–water partition coefficient (Wildman–Crippen LogP) is 2.60. The first-order valence-electron chi connectivity index (χ1n) is 7.11. The number of nitrogens with zero attached hydrogens (tertiary/aromatic N) is 1. The number of carbonyl (C=O) groups is 2. The standard InChI is InChI=1S/C16H17FN2O2/c17-12-8-6-11(7-9-12)15(20)14(10-18)16(21)19-13-4-2-1-3-5-13/h6-9,13-14H,1-5H2,(H,19,21)/t14-/m0/s1. The number of nitriles is 1. The molecule has 1 aliphatic carbocycles. The van der Waals surface area contributed by atoms with Crippen molar-refractivity contribution < 1.29 is 14.0 Å². The molecule has 0 bridgehead atoms. The van der Waals surface area contributed by atoms with Gasteiger partial charge in [0.2, 0.25) is 5.91 Å². The molecule has 0 saturated heterocycles. The fourth-order valence-corrected chi connectivity index (χ4v) is 2.55. The van der Waals surface area contributed by atoms with E-state index in [9.17, 15) is 14.0 Å². The summed E-state index contributed by atoms with van der Waals surface area (Å²) >= 11 is 0. The number of ketones is 1. The number of benzene rings is 1. The van der Waals surface area contributed by atoms with Gasteiger partial charge in [0.25, 0.3) is 0 Å². The Labute approximate surface area is 123 Å². The maximum atomic E-state index is 12.8. The molecule has 0 aromatic heterocycles. The van der Waals surface area contributed by atoms with Gasteiger partial charge in [-0.25, -0.2) is 4.39 Å². The first-order valence-corrected chi connectivity index (χ1v) is 7.11. The summed E-state index contributed by atoms with van der Waals surface area (Å²) in [5, 5.41) is 11.9. The number of carbonyl (C=O) groups excluding carboxylic acids is 2. The zero-order chi connectivity index (χ0) is 15.2. The van der Waals surface area contributed by atoms with Crippen molar-refractivity contribution in [1.82, 2.24) is 5.32 Å². The van der Waals surface area contributed by atoms with Gasteiger partial charge in [-0.1, -0.05) is 19.3 Å². The molecule has 2 rings (SSSR count). The first kappa shape index (κ1) is 15.2. The maximum absolute atomic E-state index is 12.8. The van der Waals surface area contributed by atoms with Crippen LogP contribution in [0.25, 0.3) is 0 Å². The van der Waals surface area contributed by atoms with Gasteiger partial charge in [0.15, 0.2) is 11.7 Å². The van der Waals surface area contributed by atoms with Crippen molar-refractivity contribution >= 4 is 11.7 Å². The molecular weight excluding hydrogens is 271 g/mol. The van der Waals surface area contributed by atoms with E-state index in [2.05, 4.69) is 5.32 Å². The number of amides is 1. The van der Waals surface area contributed by atoms with Crippen LogP contribution in [0.5, 0.6) is 0 Å². The monoisotopic (exact) mass is 288 g/mol. The molecule has 21 heavy (non-hydrogen) atoms. The van der Waals surface area contributed by atoms with E-state index in [0.717, 1.165) is 44.2 Å². The summed E-state index contributed by atoms with van der Waals surface area (Å²) in [6.45, 7) is 0. The summed E-state index contributed by atoms with van der Waals surface area (Å²) < 4.78 is 12.8. The Morgan fingerprint density at radius 3 is 2.38 bits per heavy atom. The molecule has 0 aliphatic heterocycles. The van der Waals surface area contributed by atoms with Crippen molar-refractivity contribution in [2.45, 2.75) is 38.1 Å². The SMILES string of the molecule is N#C[C@H](C(=O)NC1CCCCC1)C(=O)c1ccc(F)cc1. The third kappa shape index (κ3) is 3.88. The van der Waals surface area contributed by atoms with Crippen molar-refractivity contribution in [2.24, 2.45) is 5.92 Å². The fourth-order valence-electron chi connectivity index (χ4n) is 2.55. The number of Topliss-reactive ketones (excluding diaryl/α,β-unsaturated/α-hetero) is 1. The lowest BCUT2D eigenvalue weighted by Crippen LogP contribution is -2.42. The highest BCUT2D eigenvalue weighted by atomic mass is 19.1. The smallest absolute Gasteiger partial charge is 0.245 e. The Morgan fingerprint density at radius 2 is 1.81 bits per heavy atom. The van der Waals surface area contributed by atoms with Gasteiger partial charge in [0.1, 0.15) is 5.82 Å². The molecule has 1 aromatic carbocycles. The van der Waals surface area contributed by atoms with Gasteiger partial charge in [-0.2, -0.15) is 5.26 Å². The molecule has 1 aromatic rings. The van der Waals surface area contributed by atoms with Gasteiger partial charge in [0, 0.05) is 11.6 Å².